The lowest BCUT2D eigenvalue weighted by Gasteiger charge is -2.16. The van der Waals surface area contributed by atoms with Crippen LogP contribution < -0.4 is 24.8 Å². The Labute approximate surface area is 135 Å². The lowest BCUT2D eigenvalue weighted by Crippen LogP contribution is -2.28. The van der Waals surface area contributed by atoms with Gasteiger partial charge in [0.25, 0.3) is 0 Å². The van der Waals surface area contributed by atoms with Gasteiger partial charge in [-0.15, -0.1) is 0 Å². The third kappa shape index (κ3) is 4.29. The van der Waals surface area contributed by atoms with Crippen LogP contribution in [-0.4, -0.2) is 27.4 Å². The van der Waals surface area contributed by atoms with Gasteiger partial charge in [-0.05, 0) is 5.56 Å². The van der Waals surface area contributed by atoms with Gasteiger partial charge in [0.15, 0.2) is 0 Å². The summed E-state index contributed by atoms with van der Waals surface area (Å²) in [7, 11) is 4.58. The molecular formula is C17H20N2O4. The van der Waals surface area contributed by atoms with E-state index in [2.05, 4.69) is 10.6 Å². The predicted molar refractivity (Wildman–Crippen MR) is 88.4 cm³/mol. The molecule has 2 N–H and O–H groups in total. The summed E-state index contributed by atoms with van der Waals surface area (Å²) in [5.74, 6) is 1.49. The van der Waals surface area contributed by atoms with E-state index < -0.39 is 0 Å². The highest BCUT2D eigenvalue weighted by molar-refractivity contribution is 5.93. The fourth-order valence-electron chi connectivity index (χ4n) is 2.06. The Hall–Kier alpha value is -2.89. The van der Waals surface area contributed by atoms with Crippen molar-refractivity contribution >= 4 is 11.7 Å². The SMILES string of the molecule is COc1cc(OC)c(NC(=O)NCc2ccccc2)c(OC)c1. The summed E-state index contributed by atoms with van der Waals surface area (Å²) in [5.41, 5.74) is 1.46. The number of methoxy groups -OCH3 is 3. The molecule has 0 aliphatic carbocycles. The first-order valence-corrected chi connectivity index (χ1v) is 7.06. The first kappa shape index (κ1) is 16.5. The number of amides is 2. The Kier molecular flexibility index (Phi) is 5.68. The zero-order valence-electron chi connectivity index (χ0n) is 13.4. The van der Waals surface area contributed by atoms with Crippen LogP contribution in [0.4, 0.5) is 10.5 Å². The molecule has 0 aromatic heterocycles. The molecule has 2 aromatic rings. The van der Waals surface area contributed by atoms with Gasteiger partial charge in [-0.3, -0.25) is 0 Å². The lowest BCUT2D eigenvalue weighted by molar-refractivity contribution is 0.251. The Morgan fingerprint density at radius 2 is 1.57 bits per heavy atom. The summed E-state index contributed by atoms with van der Waals surface area (Å²) in [6.45, 7) is 0.424. The van der Waals surface area contributed by atoms with Gasteiger partial charge >= 0.3 is 6.03 Å². The Morgan fingerprint density at radius 1 is 0.957 bits per heavy atom. The molecule has 0 bridgehead atoms. The molecule has 0 saturated carbocycles. The summed E-state index contributed by atoms with van der Waals surface area (Å²) in [4.78, 5) is 12.1. The molecule has 0 unspecified atom stereocenters. The number of rotatable bonds is 6. The van der Waals surface area contributed by atoms with Crippen molar-refractivity contribution in [3.8, 4) is 17.2 Å². The van der Waals surface area contributed by atoms with Gasteiger partial charge in [0, 0.05) is 18.7 Å². The van der Waals surface area contributed by atoms with Gasteiger partial charge in [-0.25, -0.2) is 4.79 Å². The first-order valence-electron chi connectivity index (χ1n) is 7.06. The van der Waals surface area contributed by atoms with Crippen LogP contribution in [0.15, 0.2) is 42.5 Å². The maximum atomic E-state index is 12.1. The van der Waals surface area contributed by atoms with E-state index in [9.17, 15) is 4.79 Å². The normalized spacial score (nSPS) is 9.87. The van der Waals surface area contributed by atoms with Gasteiger partial charge in [0.2, 0.25) is 0 Å². The zero-order valence-corrected chi connectivity index (χ0v) is 13.4. The van der Waals surface area contributed by atoms with Crippen molar-refractivity contribution in [1.29, 1.82) is 0 Å². The maximum Gasteiger partial charge on any atom is 0.319 e. The lowest BCUT2D eigenvalue weighted by atomic mass is 10.2. The van der Waals surface area contributed by atoms with Gasteiger partial charge in [-0.2, -0.15) is 0 Å². The van der Waals surface area contributed by atoms with Crippen molar-refractivity contribution in [2.24, 2.45) is 0 Å². The van der Waals surface area contributed by atoms with Gasteiger partial charge in [-0.1, -0.05) is 30.3 Å². The van der Waals surface area contributed by atoms with Crippen molar-refractivity contribution in [2.45, 2.75) is 6.54 Å². The summed E-state index contributed by atoms with van der Waals surface area (Å²) in [6, 6.07) is 12.6. The molecule has 122 valence electrons. The summed E-state index contributed by atoms with van der Waals surface area (Å²) in [6.07, 6.45) is 0. The quantitative estimate of drug-likeness (QED) is 0.859. The van der Waals surface area contributed by atoms with Crippen LogP contribution in [0.3, 0.4) is 0 Å². The van der Waals surface area contributed by atoms with Crippen LogP contribution in [0.25, 0.3) is 0 Å². The van der Waals surface area contributed by atoms with Crippen LogP contribution in [0.1, 0.15) is 5.56 Å². The highest BCUT2D eigenvalue weighted by atomic mass is 16.5. The molecule has 2 aromatic carbocycles. The van der Waals surface area contributed by atoms with E-state index in [-0.39, 0.29) is 6.03 Å². The third-order valence-electron chi connectivity index (χ3n) is 3.25. The molecule has 2 amide bonds. The van der Waals surface area contributed by atoms with E-state index in [1.165, 1.54) is 14.2 Å². The third-order valence-corrected chi connectivity index (χ3v) is 3.25. The van der Waals surface area contributed by atoms with E-state index in [4.69, 9.17) is 14.2 Å². The molecule has 0 aliphatic heterocycles. The van der Waals surface area contributed by atoms with E-state index in [0.717, 1.165) is 5.56 Å². The minimum atomic E-state index is -0.351. The number of urea groups is 1. The number of anilines is 1. The second-order valence-corrected chi connectivity index (χ2v) is 4.70. The molecule has 23 heavy (non-hydrogen) atoms. The number of hydrogen-bond donors (Lipinski definition) is 2. The predicted octanol–water partition coefficient (Wildman–Crippen LogP) is 3.03. The summed E-state index contributed by atoms with van der Waals surface area (Å²) >= 11 is 0. The molecule has 0 spiro atoms. The van der Waals surface area contributed by atoms with Gasteiger partial charge in [0.1, 0.15) is 22.9 Å². The van der Waals surface area contributed by atoms with Crippen molar-refractivity contribution < 1.29 is 19.0 Å². The van der Waals surface area contributed by atoms with Crippen molar-refractivity contribution in [3.05, 3.63) is 48.0 Å². The summed E-state index contributed by atoms with van der Waals surface area (Å²) in [5, 5.41) is 5.53. The zero-order chi connectivity index (χ0) is 16.7. The minimum Gasteiger partial charge on any atom is -0.496 e. The number of hydrogen-bond acceptors (Lipinski definition) is 4. The minimum absolute atomic E-state index is 0.351. The highest BCUT2D eigenvalue weighted by Gasteiger charge is 2.15. The van der Waals surface area contributed by atoms with Crippen molar-refractivity contribution in [2.75, 3.05) is 26.6 Å². The van der Waals surface area contributed by atoms with Gasteiger partial charge < -0.3 is 24.8 Å². The molecule has 6 heteroatoms. The maximum absolute atomic E-state index is 12.1. The fraction of sp³-hybridized carbons (Fsp3) is 0.235. The van der Waals surface area contributed by atoms with Crippen LogP contribution in [0, 0.1) is 0 Å². The molecule has 0 atom stereocenters. The number of benzene rings is 2. The average molecular weight is 316 g/mol. The average Bonchev–Trinajstić information content (AvgIpc) is 2.60. The van der Waals surface area contributed by atoms with Crippen molar-refractivity contribution in [1.82, 2.24) is 5.32 Å². The van der Waals surface area contributed by atoms with Crippen LogP contribution >= 0.6 is 0 Å². The smallest absolute Gasteiger partial charge is 0.319 e. The van der Waals surface area contributed by atoms with E-state index in [0.29, 0.717) is 29.5 Å². The van der Waals surface area contributed by atoms with E-state index in [1.807, 2.05) is 30.3 Å². The topological polar surface area (TPSA) is 68.8 Å². The van der Waals surface area contributed by atoms with E-state index in [1.54, 1.807) is 19.2 Å². The number of nitrogens with one attached hydrogen (secondary N) is 2. The number of carbonyl (C=O) groups is 1. The van der Waals surface area contributed by atoms with Crippen LogP contribution in [0.2, 0.25) is 0 Å². The molecule has 6 nitrogen and oxygen atoms in total. The molecular weight excluding hydrogens is 296 g/mol. The second-order valence-electron chi connectivity index (χ2n) is 4.70. The Morgan fingerprint density at radius 3 is 2.09 bits per heavy atom. The number of carbonyl (C=O) groups excluding carboxylic acids is 1. The summed E-state index contributed by atoms with van der Waals surface area (Å²) < 4.78 is 15.8. The molecule has 0 saturated heterocycles. The first-order chi connectivity index (χ1) is 11.2. The molecule has 0 radical (unpaired) electrons. The molecule has 0 aliphatic rings. The van der Waals surface area contributed by atoms with Crippen LogP contribution in [0.5, 0.6) is 17.2 Å². The Bertz CT molecular complexity index is 634. The molecule has 2 rings (SSSR count). The second kappa shape index (κ2) is 7.93. The fourth-order valence-corrected chi connectivity index (χ4v) is 2.06. The molecule has 0 heterocycles. The molecule has 0 fully saturated rings. The van der Waals surface area contributed by atoms with Crippen molar-refractivity contribution in [3.63, 3.8) is 0 Å². The standard InChI is InChI=1S/C17H20N2O4/c1-21-13-9-14(22-2)16(15(10-13)23-3)19-17(20)18-11-12-7-5-4-6-8-12/h4-10H,11H2,1-3H3,(H2,18,19,20). The Balaban J connectivity index is 2.10. The highest BCUT2D eigenvalue weighted by Crippen LogP contribution is 2.38. The van der Waals surface area contributed by atoms with E-state index >= 15 is 0 Å². The monoisotopic (exact) mass is 316 g/mol. The largest absolute Gasteiger partial charge is 0.496 e. The van der Waals surface area contributed by atoms with Crippen LogP contribution in [-0.2, 0) is 6.54 Å². The number of ether oxygens (including phenoxy) is 3. The van der Waals surface area contributed by atoms with Gasteiger partial charge in [0.05, 0.1) is 21.3 Å².